The molecule has 0 saturated carbocycles. The van der Waals surface area contributed by atoms with Crippen LogP contribution in [0.1, 0.15) is 6.42 Å². The molecule has 0 aliphatic heterocycles. The molecule has 1 atom stereocenters. The first-order valence-electron chi connectivity index (χ1n) is 14.1. The number of hydrogen-bond donors (Lipinski definition) is 0. The number of carbonyl (C=O) groups is 1. The summed E-state index contributed by atoms with van der Waals surface area (Å²) in [5.74, 6) is 1.23. The molecule has 0 aliphatic carbocycles. The van der Waals surface area contributed by atoms with Gasteiger partial charge in [-0.3, -0.25) is 4.79 Å². The molecule has 0 fully saturated rings. The van der Waals surface area contributed by atoms with Crippen LogP contribution in [0.2, 0.25) is 0 Å². The third kappa shape index (κ3) is 33.7. The van der Waals surface area contributed by atoms with E-state index in [1.165, 1.54) is 0 Å². The maximum atomic E-state index is 11.7. The second kappa shape index (κ2) is 35.6. The maximum Gasteiger partial charge on any atom is 0.306 e. The molecule has 0 bridgehead atoms. The average Bonchev–Trinajstić information content (AvgIpc) is 2.98. The van der Waals surface area contributed by atoms with Crippen LogP contribution in [0.3, 0.4) is 0 Å². The molecule has 0 saturated heterocycles. The van der Waals surface area contributed by atoms with Gasteiger partial charge in [-0.05, 0) is 0 Å². The minimum atomic E-state index is -0.231. The Morgan fingerprint density at radius 1 is 0.512 bits per heavy atom. The third-order valence-corrected chi connectivity index (χ3v) is 6.07. The number of carbonyl (C=O) groups excluding carboxylic acids is 1. The van der Waals surface area contributed by atoms with E-state index in [0.717, 1.165) is 5.75 Å². The van der Waals surface area contributed by atoms with E-state index in [1.54, 1.807) is 33.1 Å². The van der Waals surface area contributed by atoms with Gasteiger partial charge in [0.15, 0.2) is 0 Å². The van der Waals surface area contributed by atoms with Crippen LogP contribution in [0.25, 0.3) is 0 Å². The quantitative estimate of drug-likeness (QED) is 0.0743. The van der Waals surface area contributed by atoms with E-state index in [-0.39, 0.29) is 18.7 Å². The number of thioether (sulfide) groups is 1. The van der Waals surface area contributed by atoms with Gasteiger partial charge in [-0.15, -0.1) is 0 Å². The highest BCUT2D eigenvalue weighted by Gasteiger charge is 2.08. The van der Waals surface area contributed by atoms with Gasteiger partial charge in [-0.2, -0.15) is 11.8 Å². The second-order valence-corrected chi connectivity index (χ2v) is 9.40. The summed E-state index contributed by atoms with van der Waals surface area (Å²) in [6.07, 6.45) is 0.391. The third-order valence-electron chi connectivity index (χ3n) is 4.97. The summed E-state index contributed by atoms with van der Waals surface area (Å²) in [4.78, 5) is 11.7. The van der Waals surface area contributed by atoms with Crippen molar-refractivity contribution >= 4 is 17.7 Å². The van der Waals surface area contributed by atoms with Gasteiger partial charge in [0.05, 0.1) is 131 Å². The molecule has 0 rings (SSSR count). The van der Waals surface area contributed by atoms with E-state index >= 15 is 0 Å². The van der Waals surface area contributed by atoms with Gasteiger partial charge >= 0.3 is 5.97 Å². The molecule has 0 aliphatic rings. The molecule has 14 heteroatoms. The molecule has 0 radical (unpaired) electrons. The minimum Gasteiger partial charge on any atom is -0.463 e. The highest BCUT2D eigenvalue weighted by Crippen LogP contribution is 2.08. The predicted molar refractivity (Wildman–Crippen MR) is 154 cm³/mol. The Bertz CT molecular complexity index is 520. The SMILES string of the molecule is COCCOCCOCCOCCOCCOCCOCCOCCOCCOC(=O)CCSCC(COC)OC. The monoisotopic (exact) mass is 618 g/mol. The highest BCUT2D eigenvalue weighted by molar-refractivity contribution is 7.99. The number of methoxy groups -OCH3 is 3. The van der Waals surface area contributed by atoms with Gasteiger partial charge in [0.2, 0.25) is 0 Å². The lowest BCUT2D eigenvalue weighted by atomic mass is 10.4. The molecule has 0 aromatic carbocycles. The zero-order valence-corrected chi connectivity index (χ0v) is 26.2. The summed E-state index contributed by atoms with van der Waals surface area (Å²) < 4.78 is 63.7. The Hall–Kier alpha value is -0.620. The van der Waals surface area contributed by atoms with Crippen molar-refractivity contribution in [3.05, 3.63) is 0 Å². The van der Waals surface area contributed by atoms with E-state index in [9.17, 15) is 4.79 Å². The first kappa shape index (κ1) is 40.4. The fraction of sp³-hybridized carbons (Fsp3) is 0.963. The van der Waals surface area contributed by atoms with Crippen LogP contribution in [-0.4, -0.2) is 170 Å². The van der Waals surface area contributed by atoms with E-state index in [2.05, 4.69) is 0 Å². The summed E-state index contributed by atoms with van der Waals surface area (Å²) in [5.41, 5.74) is 0. The summed E-state index contributed by atoms with van der Waals surface area (Å²) in [6, 6.07) is 0. The molecular formula is C27H54O13S. The Kier molecular flexibility index (Phi) is 35.0. The van der Waals surface area contributed by atoms with Crippen molar-refractivity contribution in [2.24, 2.45) is 0 Å². The van der Waals surface area contributed by atoms with Crippen molar-refractivity contribution in [3.63, 3.8) is 0 Å². The maximum absolute atomic E-state index is 11.7. The Labute approximate surface area is 250 Å². The van der Waals surface area contributed by atoms with Gasteiger partial charge in [-0.1, -0.05) is 0 Å². The molecule has 0 heterocycles. The van der Waals surface area contributed by atoms with Crippen LogP contribution < -0.4 is 0 Å². The molecule has 1 unspecified atom stereocenters. The van der Waals surface area contributed by atoms with Crippen molar-refractivity contribution in [2.45, 2.75) is 12.5 Å². The van der Waals surface area contributed by atoms with Gasteiger partial charge in [0, 0.05) is 32.8 Å². The number of esters is 1. The number of ether oxygens (including phenoxy) is 12. The smallest absolute Gasteiger partial charge is 0.306 e. The van der Waals surface area contributed by atoms with E-state index < -0.39 is 0 Å². The van der Waals surface area contributed by atoms with Crippen LogP contribution in [0.4, 0.5) is 0 Å². The zero-order chi connectivity index (χ0) is 29.9. The van der Waals surface area contributed by atoms with Gasteiger partial charge in [0.1, 0.15) is 6.61 Å². The summed E-state index contributed by atoms with van der Waals surface area (Å²) in [7, 11) is 4.93. The molecule has 0 aromatic heterocycles. The fourth-order valence-corrected chi connectivity index (χ4v) is 3.78. The highest BCUT2D eigenvalue weighted by atomic mass is 32.2. The lowest BCUT2D eigenvalue weighted by Crippen LogP contribution is -2.20. The topological polar surface area (TPSA) is 128 Å². The normalized spacial score (nSPS) is 12.2. The lowest BCUT2D eigenvalue weighted by molar-refractivity contribution is -0.144. The van der Waals surface area contributed by atoms with Gasteiger partial charge < -0.3 is 56.8 Å². The van der Waals surface area contributed by atoms with Crippen LogP contribution >= 0.6 is 11.8 Å². The molecule has 41 heavy (non-hydrogen) atoms. The van der Waals surface area contributed by atoms with Crippen LogP contribution in [0.15, 0.2) is 0 Å². The van der Waals surface area contributed by atoms with Crippen molar-refractivity contribution in [1.29, 1.82) is 0 Å². The summed E-state index contributed by atoms with van der Waals surface area (Å²) in [5, 5.41) is 0. The number of hydrogen-bond acceptors (Lipinski definition) is 14. The minimum absolute atomic E-state index is 0.0333. The molecule has 0 amide bonds. The molecule has 0 spiro atoms. The first-order chi connectivity index (χ1) is 20.2. The van der Waals surface area contributed by atoms with Crippen molar-refractivity contribution < 1.29 is 61.6 Å². The Balaban J connectivity index is 3.15. The Morgan fingerprint density at radius 3 is 1.22 bits per heavy atom. The summed E-state index contributed by atoms with van der Waals surface area (Å²) >= 11 is 1.64. The average molecular weight is 619 g/mol. The first-order valence-corrected chi connectivity index (χ1v) is 15.3. The molecule has 246 valence electrons. The largest absolute Gasteiger partial charge is 0.463 e. The van der Waals surface area contributed by atoms with Crippen LogP contribution in [-0.2, 0) is 61.6 Å². The summed E-state index contributed by atoms with van der Waals surface area (Å²) in [6.45, 7) is 9.28. The Morgan fingerprint density at radius 2 is 0.878 bits per heavy atom. The lowest BCUT2D eigenvalue weighted by Gasteiger charge is -2.13. The molecule has 0 aromatic rings. The van der Waals surface area contributed by atoms with E-state index in [4.69, 9.17) is 56.8 Å². The van der Waals surface area contributed by atoms with E-state index in [1.807, 2.05) is 0 Å². The molecule has 0 N–H and O–H groups in total. The van der Waals surface area contributed by atoms with E-state index in [0.29, 0.717) is 131 Å². The zero-order valence-electron chi connectivity index (χ0n) is 25.3. The van der Waals surface area contributed by atoms with Crippen LogP contribution in [0.5, 0.6) is 0 Å². The van der Waals surface area contributed by atoms with Crippen LogP contribution in [0, 0.1) is 0 Å². The second-order valence-electron chi connectivity index (χ2n) is 8.25. The van der Waals surface area contributed by atoms with Crippen molar-refractivity contribution in [2.75, 3.05) is 158 Å². The van der Waals surface area contributed by atoms with Crippen molar-refractivity contribution in [3.8, 4) is 0 Å². The molecular weight excluding hydrogens is 564 g/mol. The van der Waals surface area contributed by atoms with Crippen molar-refractivity contribution in [1.82, 2.24) is 0 Å². The standard InChI is InChI=1S/C27H54O13S/c1-29-5-6-32-7-8-33-9-10-34-11-12-35-13-14-36-15-16-37-17-18-38-19-20-39-21-22-40-27(28)4-23-41-25-26(31-3)24-30-2/h26H,4-25H2,1-3H3. The molecule has 13 nitrogen and oxygen atoms in total. The van der Waals surface area contributed by atoms with Gasteiger partial charge in [-0.25, -0.2) is 0 Å². The fourth-order valence-electron chi connectivity index (χ4n) is 2.81. The number of rotatable bonds is 35. The van der Waals surface area contributed by atoms with Gasteiger partial charge in [0.25, 0.3) is 0 Å². The predicted octanol–water partition coefficient (Wildman–Crippen LogP) is 1.09.